The van der Waals surface area contributed by atoms with Crippen LogP contribution in [-0.4, -0.2) is 43.0 Å². The Morgan fingerprint density at radius 3 is 2.32 bits per heavy atom. The Balaban J connectivity index is 1.59. The summed E-state index contributed by atoms with van der Waals surface area (Å²) >= 11 is 0. The van der Waals surface area contributed by atoms with Crippen molar-refractivity contribution in [3.05, 3.63) is 65.0 Å². The zero-order valence-electron chi connectivity index (χ0n) is 20.2. The molecule has 0 fully saturated rings. The monoisotopic (exact) mass is 464 g/mol. The van der Waals surface area contributed by atoms with Gasteiger partial charge in [-0.25, -0.2) is 4.68 Å². The van der Waals surface area contributed by atoms with Gasteiger partial charge >= 0.3 is 0 Å². The number of nitrogens with one attached hydrogen (secondary N) is 1. The van der Waals surface area contributed by atoms with Gasteiger partial charge in [0.2, 0.25) is 5.91 Å². The Kier molecular flexibility index (Phi) is 8.67. The molecule has 2 aromatic carbocycles. The number of hydrogen-bond acceptors (Lipinski definition) is 6. The van der Waals surface area contributed by atoms with Gasteiger partial charge in [-0.2, -0.15) is 5.10 Å². The number of carbonyl (C=O) groups is 1. The number of aromatic nitrogens is 2. The van der Waals surface area contributed by atoms with Crippen LogP contribution < -0.4 is 25.2 Å². The number of anilines is 2. The molecule has 1 N–H and O–H groups in total. The lowest BCUT2D eigenvalue weighted by atomic mass is 10.1. The third-order valence-corrected chi connectivity index (χ3v) is 5.60. The first-order valence-corrected chi connectivity index (χ1v) is 11.4. The number of benzene rings is 2. The summed E-state index contributed by atoms with van der Waals surface area (Å²) in [5.41, 5.74) is 3.11. The second kappa shape index (κ2) is 11.9. The highest BCUT2D eigenvalue weighted by molar-refractivity contribution is 5.90. The average molecular weight is 465 g/mol. The SMILES string of the molecule is CCN(CC)c1ccc(NC(=O)CCCn2nc(-c3ccc(OC)c(OC)c3)ccc2=O)cc1. The molecule has 0 atom stereocenters. The molecule has 8 heteroatoms. The number of carbonyl (C=O) groups excluding carboxylic acids is 1. The van der Waals surface area contributed by atoms with Gasteiger partial charge in [0.1, 0.15) is 0 Å². The maximum absolute atomic E-state index is 12.4. The highest BCUT2D eigenvalue weighted by Gasteiger charge is 2.10. The van der Waals surface area contributed by atoms with Crippen LogP contribution in [0.4, 0.5) is 11.4 Å². The van der Waals surface area contributed by atoms with Crippen molar-refractivity contribution in [2.45, 2.75) is 33.2 Å². The van der Waals surface area contributed by atoms with Crippen LogP contribution in [0.3, 0.4) is 0 Å². The molecule has 0 unspecified atom stereocenters. The first kappa shape index (κ1) is 24.8. The van der Waals surface area contributed by atoms with Gasteiger partial charge in [0.05, 0.1) is 19.9 Å². The zero-order chi connectivity index (χ0) is 24.5. The summed E-state index contributed by atoms with van der Waals surface area (Å²) in [7, 11) is 3.15. The lowest BCUT2D eigenvalue weighted by Crippen LogP contribution is -2.23. The molecule has 3 rings (SSSR count). The fraction of sp³-hybridized carbons (Fsp3) is 0.346. The fourth-order valence-corrected chi connectivity index (χ4v) is 3.72. The van der Waals surface area contributed by atoms with Crippen LogP contribution in [0.15, 0.2) is 59.4 Å². The van der Waals surface area contributed by atoms with Crippen LogP contribution >= 0.6 is 0 Å². The number of nitrogens with zero attached hydrogens (tertiary/aromatic N) is 3. The van der Waals surface area contributed by atoms with Crippen molar-refractivity contribution >= 4 is 17.3 Å². The Morgan fingerprint density at radius 2 is 1.68 bits per heavy atom. The third-order valence-electron chi connectivity index (χ3n) is 5.60. The molecule has 180 valence electrons. The second-order valence-corrected chi connectivity index (χ2v) is 7.72. The molecule has 0 radical (unpaired) electrons. The van der Waals surface area contributed by atoms with E-state index >= 15 is 0 Å². The predicted octanol–water partition coefficient (Wildman–Crippen LogP) is 4.19. The molecule has 34 heavy (non-hydrogen) atoms. The molecule has 0 aliphatic rings. The van der Waals surface area contributed by atoms with Crippen molar-refractivity contribution in [3.8, 4) is 22.8 Å². The van der Waals surface area contributed by atoms with Crippen molar-refractivity contribution in [1.82, 2.24) is 9.78 Å². The van der Waals surface area contributed by atoms with Crippen molar-refractivity contribution < 1.29 is 14.3 Å². The van der Waals surface area contributed by atoms with Gasteiger partial charge in [-0.3, -0.25) is 9.59 Å². The average Bonchev–Trinajstić information content (AvgIpc) is 2.86. The second-order valence-electron chi connectivity index (χ2n) is 7.72. The summed E-state index contributed by atoms with van der Waals surface area (Å²) in [5.74, 6) is 1.11. The molecule has 1 aromatic heterocycles. The van der Waals surface area contributed by atoms with Gasteiger partial charge < -0.3 is 19.7 Å². The highest BCUT2D eigenvalue weighted by Crippen LogP contribution is 2.31. The molecule has 3 aromatic rings. The van der Waals surface area contributed by atoms with Crippen molar-refractivity contribution in [2.75, 3.05) is 37.5 Å². The fourth-order valence-electron chi connectivity index (χ4n) is 3.72. The van der Waals surface area contributed by atoms with E-state index in [9.17, 15) is 9.59 Å². The quantitative estimate of drug-likeness (QED) is 0.458. The minimum absolute atomic E-state index is 0.0975. The number of amides is 1. The van der Waals surface area contributed by atoms with E-state index < -0.39 is 0 Å². The molecule has 0 spiro atoms. The van der Waals surface area contributed by atoms with Crippen LogP contribution in [0.1, 0.15) is 26.7 Å². The number of rotatable bonds is 11. The van der Waals surface area contributed by atoms with Crippen molar-refractivity contribution in [2.24, 2.45) is 0 Å². The van der Waals surface area contributed by atoms with Crippen LogP contribution in [0, 0.1) is 0 Å². The Labute approximate surface area is 200 Å². The van der Waals surface area contributed by atoms with E-state index in [-0.39, 0.29) is 17.9 Å². The topological polar surface area (TPSA) is 85.7 Å². The van der Waals surface area contributed by atoms with Gasteiger partial charge in [-0.15, -0.1) is 0 Å². The minimum Gasteiger partial charge on any atom is -0.493 e. The highest BCUT2D eigenvalue weighted by atomic mass is 16.5. The summed E-state index contributed by atoms with van der Waals surface area (Å²) in [6, 6.07) is 16.5. The van der Waals surface area contributed by atoms with Gasteiger partial charge in [0, 0.05) is 49.1 Å². The maximum atomic E-state index is 12.4. The lowest BCUT2D eigenvalue weighted by molar-refractivity contribution is -0.116. The number of hydrogen-bond donors (Lipinski definition) is 1. The molecule has 0 aliphatic carbocycles. The van der Waals surface area contributed by atoms with Crippen molar-refractivity contribution in [1.29, 1.82) is 0 Å². The Morgan fingerprint density at radius 1 is 0.971 bits per heavy atom. The molecule has 0 aliphatic heterocycles. The Hall–Kier alpha value is -3.81. The smallest absolute Gasteiger partial charge is 0.266 e. The summed E-state index contributed by atoms with van der Waals surface area (Å²) in [6.07, 6.45) is 0.776. The van der Waals surface area contributed by atoms with Crippen LogP contribution in [-0.2, 0) is 11.3 Å². The van der Waals surface area contributed by atoms with E-state index in [1.54, 1.807) is 26.4 Å². The normalized spacial score (nSPS) is 10.6. The summed E-state index contributed by atoms with van der Waals surface area (Å²) in [6.45, 7) is 6.44. The minimum atomic E-state index is -0.211. The molecule has 1 amide bonds. The molecule has 0 saturated heterocycles. The molecule has 0 saturated carbocycles. The third kappa shape index (κ3) is 6.15. The summed E-state index contributed by atoms with van der Waals surface area (Å²) < 4.78 is 12.0. The van der Waals surface area contributed by atoms with Crippen molar-refractivity contribution in [3.63, 3.8) is 0 Å². The molecule has 1 heterocycles. The molecule has 8 nitrogen and oxygen atoms in total. The van der Waals surface area contributed by atoms with E-state index in [2.05, 4.69) is 29.2 Å². The maximum Gasteiger partial charge on any atom is 0.266 e. The summed E-state index contributed by atoms with van der Waals surface area (Å²) in [5, 5.41) is 7.38. The van der Waals surface area contributed by atoms with E-state index in [0.717, 1.165) is 30.0 Å². The zero-order valence-corrected chi connectivity index (χ0v) is 20.2. The van der Waals surface area contributed by atoms with Gasteiger partial charge in [0.25, 0.3) is 5.56 Å². The lowest BCUT2D eigenvalue weighted by Gasteiger charge is -2.21. The van der Waals surface area contributed by atoms with Gasteiger partial charge in [-0.05, 0) is 68.8 Å². The van der Waals surface area contributed by atoms with E-state index in [1.807, 2.05) is 36.4 Å². The molecular formula is C26H32N4O4. The number of ether oxygens (including phenoxy) is 2. The predicted molar refractivity (Wildman–Crippen MR) is 135 cm³/mol. The van der Waals surface area contributed by atoms with Crippen LogP contribution in [0.25, 0.3) is 11.3 Å². The van der Waals surface area contributed by atoms with E-state index in [4.69, 9.17) is 9.47 Å². The largest absolute Gasteiger partial charge is 0.493 e. The molecule has 0 bridgehead atoms. The first-order chi connectivity index (χ1) is 16.5. The van der Waals surface area contributed by atoms with E-state index in [0.29, 0.717) is 30.2 Å². The van der Waals surface area contributed by atoms with Gasteiger partial charge in [0.15, 0.2) is 11.5 Å². The van der Waals surface area contributed by atoms with Gasteiger partial charge in [-0.1, -0.05) is 0 Å². The first-order valence-electron chi connectivity index (χ1n) is 11.4. The Bertz CT molecular complexity index is 1150. The number of methoxy groups -OCH3 is 2. The molecular weight excluding hydrogens is 432 g/mol. The standard InChI is InChI=1S/C26H32N4O4/c1-5-29(6-2)21-12-10-20(11-13-21)27-25(31)8-7-17-30-26(32)16-14-22(28-30)19-9-15-23(33-3)24(18-19)34-4/h9-16,18H,5-8,17H2,1-4H3,(H,27,31). The van der Waals surface area contributed by atoms with E-state index in [1.165, 1.54) is 10.7 Å². The summed E-state index contributed by atoms with van der Waals surface area (Å²) in [4.78, 5) is 26.9. The number of aryl methyl sites for hydroxylation is 1. The van der Waals surface area contributed by atoms with Crippen LogP contribution in [0.2, 0.25) is 0 Å². The van der Waals surface area contributed by atoms with Crippen LogP contribution in [0.5, 0.6) is 11.5 Å².